The van der Waals surface area contributed by atoms with Crippen molar-refractivity contribution < 1.29 is 237 Å². The monoisotopic (exact) mass is 1110 g/mol. The summed E-state index contributed by atoms with van der Waals surface area (Å²) in [6, 6.07) is 0. The Balaban J connectivity index is -0.000000655. The number of hydrogen-bond donors (Lipinski definition) is 5. The smallest absolute Gasteiger partial charge is 0.419 e. The maximum absolute atomic E-state index is 11.8. The van der Waals surface area contributed by atoms with Crippen molar-refractivity contribution in [1.82, 2.24) is 9.80 Å². The van der Waals surface area contributed by atoms with Gasteiger partial charge in [-0.2, -0.15) is 0 Å². The molecule has 2 bridgehead atoms. The van der Waals surface area contributed by atoms with Gasteiger partial charge in [-0.05, 0) is 19.3 Å². The minimum absolute atomic E-state index is 0. The first-order valence-corrected chi connectivity index (χ1v) is 14.8. The molecule has 18 nitrogen and oxygen atoms in total. The normalized spacial score (nSPS) is 22.5. The van der Waals surface area contributed by atoms with Crippen molar-refractivity contribution >= 4 is 47.5 Å². The molecule has 52 heavy (non-hydrogen) atoms. The fraction of sp³-hybridized carbons (Fsp3) is 0.552. The number of fused-ring (bicyclic) bond motifs is 3. The van der Waals surface area contributed by atoms with Gasteiger partial charge in [0, 0.05) is 183 Å². The predicted molar refractivity (Wildman–Crippen MR) is 158 cm³/mol. The molecule has 273 valence electrons. The number of hydrogen-bond acceptors (Lipinski definition) is 12. The van der Waals surface area contributed by atoms with Crippen molar-refractivity contribution in [1.29, 1.82) is 0 Å². The van der Waals surface area contributed by atoms with E-state index in [1.807, 2.05) is 15.4 Å². The van der Waals surface area contributed by atoms with Crippen LogP contribution < -0.4 is 10.2 Å². The minimum atomic E-state index is -1.66. The molecule has 2 saturated heterocycles. The number of methoxy groups -OCH3 is 1. The predicted octanol–water partition coefficient (Wildman–Crippen LogP) is -2.89. The number of aliphatic hydroxyl groups is 2. The summed E-state index contributed by atoms with van der Waals surface area (Å²) in [7, 11) is 1.21. The van der Waals surface area contributed by atoms with Crippen LogP contribution in [0.1, 0.15) is 38.5 Å². The Labute approximate surface area is 427 Å². The molecular formula is C29H40N6O12Y5. The third-order valence-corrected chi connectivity index (χ3v) is 8.57. The van der Waals surface area contributed by atoms with E-state index in [9.17, 15) is 34.5 Å². The molecule has 5 N–H and O–H groups in total. The second-order valence-electron chi connectivity index (χ2n) is 11.0. The summed E-state index contributed by atoms with van der Waals surface area (Å²) in [6.45, 7) is 4.91. The van der Waals surface area contributed by atoms with E-state index < -0.39 is 52.7 Å². The summed E-state index contributed by atoms with van der Waals surface area (Å²) in [5.41, 5.74) is -2.32. The van der Waals surface area contributed by atoms with Crippen molar-refractivity contribution in [3.05, 3.63) is 30.7 Å². The summed E-state index contributed by atoms with van der Waals surface area (Å²) in [5, 5.41) is 66.3. The molecule has 6 rings (SSSR count). The minimum Gasteiger partial charge on any atom is -0.626 e. The number of rotatable bonds is 6. The molecule has 2 atom stereocenters. The first kappa shape index (κ1) is 56.8. The Morgan fingerprint density at radius 2 is 1.46 bits per heavy atom. The van der Waals surface area contributed by atoms with Gasteiger partial charge in [-0.25, -0.2) is 24.1 Å². The molecule has 0 aromatic rings. The molecular weight excluding hydrogens is 1070 g/mol. The second kappa shape index (κ2) is 25.7. The van der Waals surface area contributed by atoms with E-state index >= 15 is 0 Å². The van der Waals surface area contributed by atoms with E-state index in [0.29, 0.717) is 44.9 Å². The largest absolute Gasteiger partial charge is 0.626 e. The molecule has 0 aliphatic carbocycles. The summed E-state index contributed by atoms with van der Waals surface area (Å²) in [6.07, 6.45) is 6.63. The number of esters is 1. The molecule has 0 aromatic carbocycles. The molecule has 0 aromatic heterocycles. The van der Waals surface area contributed by atoms with Crippen LogP contribution in [-0.4, -0.2) is 162 Å². The zero-order chi connectivity index (χ0) is 33.8. The fourth-order valence-electron chi connectivity index (χ4n) is 6.66. The molecule has 2 fully saturated rings. The van der Waals surface area contributed by atoms with Gasteiger partial charge in [0.25, 0.3) is 11.4 Å². The van der Waals surface area contributed by atoms with Crippen LogP contribution in [0, 0.1) is 7.43 Å². The molecule has 0 spiro atoms. The molecule has 2 unspecified atom stereocenters. The van der Waals surface area contributed by atoms with Crippen LogP contribution in [0.15, 0.2) is 28.3 Å². The van der Waals surface area contributed by atoms with E-state index in [-0.39, 0.29) is 171 Å². The van der Waals surface area contributed by atoms with Gasteiger partial charge in [-0.1, -0.05) is 0 Å². The maximum Gasteiger partial charge on any atom is 0.419 e. The van der Waals surface area contributed by atoms with E-state index in [0.717, 1.165) is 63.4 Å². The molecule has 6 aliphatic heterocycles. The Kier molecular flexibility index (Phi) is 28.1. The van der Waals surface area contributed by atoms with E-state index in [4.69, 9.17) is 20.4 Å². The van der Waals surface area contributed by atoms with E-state index in [2.05, 4.69) is 9.73 Å². The fourth-order valence-corrected chi connectivity index (χ4v) is 6.66. The summed E-state index contributed by atoms with van der Waals surface area (Å²) >= 11 is 0. The maximum atomic E-state index is 11.8. The summed E-state index contributed by atoms with van der Waals surface area (Å²) in [5.74, 6) is -5.82. The average Bonchev–Trinajstić information content (AvgIpc) is 3.77. The van der Waals surface area contributed by atoms with Crippen LogP contribution in [-0.2, 0) is 187 Å². The number of aliphatic carboxylic acids is 3. The number of carbonyl (C=O) groups excluding carboxylic acids is 1. The van der Waals surface area contributed by atoms with Gasteiger partial charge in [0.2, 0.25) is 18.5 Å². The zero-order valence-electron chi connectivity index (χ0n) is 29.1. The van der Waals surface area contributed by atoms with Crippen LogP contribution >= 0.6 is 0 Å². The summed E-state index contributed by atoms with van der Waals surface area (Å²) in [4.78, 5) is 52.2. The number of aliphatic hydroxyl groups excluding tert-OH is 2. The van der Waals surface area contributed by atoms with Crippen LogP contribution in [0.25, 0.3) is 0 Å². The number of carbonyl (C=O) groups is 4. The van der Waals surface area contributed by atoms with Crippen molar-refractivity contribution in [3.8, 4) is 0 Å². The number of nitrogens with zero attached hydrogens (tertiary/aromatic N) is 6. The van der Waals surface area contributed by atoms with Crippen LogP contribution in [0.2, 0.25) is 0 Å². The van der Waals surface area contributed by atoms with Gasteiger partial charge >= 0.3 is 35.4 Å². The molecule has 6 heterocycles. The first-order valence-electron chi connectivity index (χ1n) is 14.8. The van der Waals surface area contributed by atoms with Crippen molar-refractivity contribution in [3.63, 3.8) is 0 Å². The molecule has 6 aliphatic rings. The second-order valence-corrected chi connectivity index (χ2v) is 11.0. The van der Waals surface area contributed by atoms with Gasteiger partial charge < -0.3 is 47.9 Å². The van der Waals surface area contributed by atoms with E-state index in [1.165, 1.54) is 16.6 Å². The number of ether oxygens (including phenoxy) is 1. The Morgan fingerprint density at radius 3 is 1.98 bits per heavy atom. The Morgan fingerprint density at radius 1 is 0.827 bits per heavy atom. The molecule has 0 saturated carbocycles. The molecule has 23 heteroatoms. The van der Waals surface area contributed by atoms with E-state index in [1.54, 1.807) is 4.90 Å². The van der Waals surface area contributed by atoms with Crippen LogP contribution in [0.5, 0.6) is 0 Å². The van der Waals surface area contributed by atoms with Gasteiger partial charge in [0.15, 0.2) is 6.54 Å². The third-order valence-electron chi connectivity index (χ3n) is 8.57. The SMILES string of the molecule is COC(=O)C1(C(=O)O)C2=NCCN1CCC2.O=C(O)C(=C([O-])O)N1CC[N+]2=C1CCC2.O=C(O)C(=C([O-])O)[N+]1=C2CCC[N+]2=CC1.[CH3-].[Y].[Y].[Y].[Y].[Y]. The quantitative estimate of drug-likeness (QED) is 0.0448. The van der Waals surface area contributed by atoms with Gasteiger partial charge in [0.1, 0.15) is 31.4 Å². The number of amidine groups is 2. The van der Waals surface area contributed by atoms with Crippen LogP contribution in [0.3, 0.4) is 0 Å². The Hall–Kier alpha value is 0.519. The number of aliphatic imine (C=N–C) groups is 1. The summed E-state index contributed by atoms with van der Waals surface area (Å²) < 4.78 is 9.98. The third kappa shape index (κ3) is 12.3. The van der Waals surface area contributed by atoms with Crippen molar-refractivity contribution in [2.75, 3.05) is 59.5 Å². The van der Waals surface area contributed by atoms with Crippen LogP contribution in [0.4, 0.5) is 0 Å². The van der Waals surface area contributed by atoms with Gasteiger partial charge in [-0.3, -0.25) is 14.5 Å². The molecule has 0 amide bonds. The van der Waals surface area contributed by atoms with Gasteiger partial charge in [0.05, 0.1) is 32.3 Å². The average molecular weight is 1110 g/mol. The van der Waals surface area contributed by atoms with Gasteiger partial charge in [-0.15, -0.1) is 9.15 Å². The first-order chi connectivity index (χ1) is 21.9. The van der Waals surface area contributed by atoms with Crippen molar-refractivity contribution in [2.45, 2.75) is 44.1 Å². The topological polar surface area (TPSA) is 253 Å². The standard InChI is InChI=1S/C10H14N2O4.C9H12N2O4.C9H10N2O4.CH3.5Y/c1-16-9(15)10(8(13)14)7-3-2-5-12(10)6-4-11-7;2*12-8(13)7(9(14)15)11-5-4-10-3-1-2-6(10)11;;;;;;/h2-6H2,1H3,(H,13,14);1-5H2,(H2-,12,13,14,15);4H,1-3,5H2,(H-2,12,13,14,15);1H3;;;;;/q;;;-1;;;;;/p+1. The van der Waals surface area contributed by atoms with Crippen molar-refractivity contribution in [2.24, 2.45) is 4.99 Å². The number of piperidine rings is 1. The Bertz CT molecular complexity index is 1530. The number of carboxylic acids is 3. The number of carboxylic acid groups (broad SMARTS) is 3. The zero-order valence-corrected chi connectivity index (χ0v) is 43.3. The molecule has 5 radical (unpaired) electrons.